The van der Waals surface area contributed by atoms with E-state index in [1.165, 1.54) is 27.5 Å². The Hall–Kier alpha value is -3.57. The summed E-state index contributed by atoms with van der Waals surface area (Å²) in [5, 5.41) is 9.91. The first-order valence-electron chi connectivity index (χ1n) is 10.5. The van der Waals surface area contributed by atoms with Gasteiger partial charge >= 0.3 is 0 Å². The topological polar surface area (TPSA) is 55.6 Å². The smallest absolute Gasteiger partial charge is 0.166 e. The van der Waals surface area contributed by atoms with Crippen molar-refractivity contribution in [1.82, 2.24) is 20.6 Å². The van der Waals surface area contributed by atoms with Gasteiger partial charge in [-0.1, -0.05) is 66.7 Å². The second-order valence-corrected chi connectivity index (χ2v) is 8.09. The van der Waals surface area contributed by atoms with Gasteiger partial charge in [-0.25, -0.2) is 0 Å². The molecule has 0 saturated carbocycles. The fourth-order valence-corrected chi connectivity index (χ4v) is 4.34. The Morgan fingerprint density at radius 3 is 1.87 bits per heavy atom. The standard InChI is InChI=1S/C26H24N4S/c31-26(29-14-18-8-2-1-3-9-18)30-17-23(21-15-27-24-12-6-4-10-19(21)24)22-16-28-25-13-7-5-11-20(22)25/h1-13,15-16,23,27-28H,14,17H2,(H2,29,30,31). The number of thiocarbonyl (C=S) groups is 1. The first-order valence-corrected chi connectivity index (χ1v) is 10.9. The molecule has 0 bridgehead atoms. The van der Waals surface area contributed by atoms with Crippen molar-refractivity contribution in [3.05, 3.63) is 108 Å². The Morgan fingerprint density at radius 2 is 1.26 bits per heavy atom. The highest BCUT2D eigenvalue weighted by atomic mass is 32.1. The Balaban J connectivity index is 1.41. The normalized spacial score (nSPS) is 11.3. The third-order valence-corrected chi connectivity index (χ3v) is 6.04. The molecule has 0 unspecified atom stereocenters. The number of hydrogen-bond donors (Lipinski definition) is 4. The molecule has 0 aliphatic heterocycles. The number of aromatic amines is 2. The maximum atomic E-state index is 5.58. The zero-order chi connectivity index (χ0) is 21.0. The lowest BCUT2D eigenvalue weighted by Crippen LogP contribution is -2.37. The summed E-state index contributed by atoms with van der Waals surface area (Å²) in [4.78, 5) is 6.85. The lowest BCUT2D eigenvalue weighted by atomic mass is 9.90. The van der Waals surface area contributed by atoms with Gasteiger partial charge in [-0.2, -0.15) is 0 Å². The van der Waals surface area contributed by atoms with Crippen LogP contribution in [0.2, 0.25) is 0 Å². The highest BCUT2D eigenvalue weighted by Gasteiger charge is 2.21. The molecule has 0 atom stereocenters. The molecule has 5 rings (SSSR count). The van der Waals surface area contributed by atoms with Crippen LogP contribution in [0.1, 0.15) is 22.6 Å². The molecule has 0 spiro atoms. The second kappa shape index (κ2) is 8.66. The van der Waals surface area contributed by atoms with E-state index in [1.807, 2.05) is 18.2 Å². The summed E-state index contributed by atoms with van der Waals surface area (Å²) < 4.78 is 0. The maximum absolute atomic E-state index is 5.58. The summed E-state index contributed by atoms with van der Waals surface area (Å²) in [5.74, 6) is 0.142. The Morgan fingerprint density at radius 1 is 0.710 bits per heavy atom. The SMILES string of the molecule is S=C(NCc1ccccc1)NCC(c1c[nH]c2ccccc12)c1c[nH]c2ccccc12. The minimum atomic E-state index is 0.142. The fourth-order valence-electron chi connectivity index (χ4n) is 4.19. The van der Waals surface area contributed by atoms with E-state index in [2.05, 4.69) is 93.7 Å². The summed E-state index contributed by atoms with van der Waals surface area (Å²) in [5.41, 5.74) is 6.02. The largest absolute Gasteiger partial charge is 0.362 e. The Kier molecular flexibility index (Phi) is 5.42. The molecule has 2 aromatic heterocycles. The van der Waals surface area contributed by atoms with Gasteiger partial charge in [-0.3, -0.25) is 0 Å². The summed E-state index contributed by atoms with van der Waals surface area (Å²) >= 11 is 5.58. The molecule has 0 aliphatic carbocycles. The van der Waals surface area contributed by atoms with E-state index < -0.39 is 0 Å². The zero-order valence-corrected chi connectivity index (χ0v) is 17.9. The van der Waals surface area contributed by atoms with E-state index in [0.29, 0.717) is 18.2 Å². The maximum Gasteiger partial charge on any atom is 0.166 e. The minimum absolute atomic E-state index is 0.142. The van der Waals surface area contributed by atoms with Crippen molar-refractivity contribution in [2.45, 2.75) is 12.5 Å². The van der Waals surface area contributed by atoms with Crippen LogP contribution in [0.3, 0.4) is 0 Å². The van der Waals surface area contributed by atoms with Crippen LogP contribution in [0.4, 0.5) is 0 Å². The van der Waals surface area contributed by atoms with Crippen LogP contribution in [0.15, 0.2) is 91.3 Å². The predicted molar refractivity (Wildman–Crippen MR) is 132 cm³/mol. The number of rotatable bonds is 6. The summed E-state index contributed by atoms with van der Waals surface area (Å²) in [6, 6.07) is 27.2. The number of para-hydroxylation sites is 2. The van der Waals surface area contributed by atoms with Gasteiger partial charge in [0.2, 0.25) is 0 Å². The van der Waals surface area contributed by atoms with Gasteiger partial charge in [0.25, 0.3) is 0 Å². The molecule has 0 fully saturated rings. The van der Waals surface area contributed by atoms with E-state index in [-0.39, 0.29) is 5.92 Å². The highest BCUT2D eigenvalue weighted by molar-refractivity contribution is 7.80. The van der Waals surface area contributed by atoms with E-state index in [1.54, 1.807) is 0 Å². The lowest BCUT2D eigenvalue weighted by Gasteiger charge is -2.19. The van der Waals surface area contributed by atoms with Crippen LogP contribution in [0.25, 0.3) is 21.8 Å². The number of nitrogens with one attached hydrogen (secondary N) is 4. The molecule has 3 aromatic carbocycles. The Bertz CT molecular complexity index is 1250. The average Bonchev–Trinajstić information content (AvgIpc) is 3.44. The van der Waals surface area contributed by atoms with Crippen LogP contribution in [-0.2, 0) is 6.54 Å². The number of aromatic nitrogens is 2. The van der Waals surface area contributed by atoms with Gasteiger partial charge in [0.15, 0.2) is 5.11 Å². The predicted octanol–water partition coefficient (Wildman–Crippen LogP) is 5.45. The van der Waals surface area contributed by atoms with E-state index in [0.717, 1.165) is 11.0 Å². The summed E-state index contributed by atoms with van der Waals surface area (Å²) in [6.45, 7) is 1.40. The van der Waals surface area contributed by atoms with Crippen molar-refractivity contribution in [3.63, 3.8) is 0 Å². The van der Waals surface area contributed by atoms with Crippen molar-refractivity contribution in [2.24, 2.45) is 0 Å². The molecular formula is C26H24N4S. The van der Waals surface area contributed by atoms with Crippen molar-refractivity contribution in [2.75, 3.05) is 6.54 Å². The second-order valence-electron chi connectivity index (χ2n) is 7.68. The third kappa shape index (κ3) is 4.05. The van der Waals surface area contributed by atoms with Crippen LogP contribution >= 0.6 is 12.2 Å². The molecule has 0 saturated heterocycles. The quantitative estimate of drug-likeness (QED) is 0.274. The molecule has 5 heteroatoms. The van der Waals surface area contributed by atoms with Crippen molar-refractivity contribution in [3.8, 4) is 0 Å². The first-order chi connectivity index (χ1) is 15.3. The van der Waals surface area contributed by atoms with Gasteiger partial charge < -0.3 is 20.6 Å². The van der Waals surface area contributed by atoms with E-state index in [9.17, 15) is 0 Å². The van der Waals surface area contributed by atoms with Crippen LogP contribution in [0, 0.1) is 0 Å². The molecule has 2 heterocycles. The van der Waals surface area contributed by atoms with Gasteiger partial charge in [0.05, 0.1) is 0 Å². The molecule has 5 aromatic rings. The molecule has 0 amide bonds. The number of benzene rings is 3. The summed E-state index contributed by atoms with van der Waals surface area (Å²) in [6.07, 6.45) is 4.25. The lowest BCUT2D eigenvalue weighted by molar-refractivity contribution is 0.747. The molecular weight excluding hydrogens is 400 g/mol. The summed E-state index contributed by atoms with van der Waals surface area (Å²) in [7, 11) is 0. The van der Waals surface area contributed by atoms with Gasteiger partial charge in [0.1, 0.15) is 0 Å². The Labute approximate surface area is 186 Å². The van der Waals surface area contributed by atoms with Crippen molar-refractivity contribution >= 4 is 39.1 Å². The zero-order valence-electron chi connectivity index (χ0n) is 17.1. The molecule has 4 N–H and O–H groups in total. The monoisotopic (exact) mass is 424 g/mol. The van der Waals surface area contributed by atoms with Crippen LogP contribution in [-0.4, -0.2) is 21.6 Å². The van der Waals surface area contributed by atoms with Crippen molar-refractivity contribution < 1.29 is 0 Å². The molecule has 154 valence electrons. The van der Waals surface area contributed by atoms with Crippen LogP contribution in [0.5, 0.6) is 0 Å². The first kappa shape index (κ1) is 19.4. The number of H-pyrrole nitrogens is 2. The van der Waals surface area contributed by atoms with Crippen LogP contribution < -0.4 is 10.6 Å². The minimum Gasteiger partial charge on any atom is -0.362 e. The molecule has 0 aliphatic rings. The molecule has 31 heavy (non-hydrogen) atoms. The molecule has 4 nitrogen and oxygen atoms in total. The fraction of sp³-hybridized carbons (Fsp3) is 0.115. The van der Waals surface area contributed by atoms with Gasteiger partial charge in [-0.15, -0.1) is 0 Å². The third-order valence-electron chi connectivity index (χ3n) is 5.76. The molecule has 0 radical (unpaired) electrons. The van der Waals surface area contributed by atoms with Gasteiger partial charge in [0, 0.05) is 53.2 Å². The van der Waals surface area contributed by atoms with E-state index in [4.69, 9.17) is 12.2 Å². The number of hydrogen-bond acceptors (Lipinski definition) is 1. The van der Waals surface area contributed by atoms with Crippen molar-refractivity contribution in [1.29, 1.82) is 0 Å². The average molecular weight is 425 g/mol. The van der Waals surface area contributed by atoms with Gasteiger partial charge in [-0.05, 0) is 41.0 Å². The number of fused-ring (bicyclic) bond motifs is 2. The van der Waals surface area contributed by atoms with E-state index >= 15 is 0 Å². The highest BCUT2D eigenvalue weighted by Crippen LogP contribution is 2.34.